The minimum absolute atomic E-state index is 0.382. The first kappa shape index (κ1) is 12.6. The maximum absolute atomic E-state index is 9.07. The molecule has 0 aliphatic heterocycles. The van der Waals surface area contributed by atoms with Gasteiger partial charge in [-0.15, -0.1) is 0 Å². The summed E-state index contributed by atoms with van der Waals surface area (Å²) in [6, 6.07) is 11.7. The highest BCUT2D eigenvalue weighted by Crippen LogP contribution is 2.21. The Balaban J connectivity index is 2.19. The van der Waals surface area contributed by atoms with Gasteiger partial charge in [0.05, 0.1) is 0 Å². The van der Waals surface area contributed by atoms with Crippen molar-refractivity contribution in [2.24, 2.45) is 0 Å². The molecule has 1 aromatic carbocycles. The van der Waals surface area contributed by atoms with E-state index in [1.54, 1.807) is 12.3 Å². The molecule has 2 aromatic rings. The fraction of sp³-hybridized carbons (Fsp3) is 0.143. The van der Waals surface area contributed by atoms with Crippen LogP contribution in [0.2, 0.25) is 0 Å². The fourth-order valence-corrected chi connectivity index (χ4v) is 1.94. The van der Waals surface area contributed by atoms with E-state index < -0.39 is 0 Å². The average Bonchev–Trinajstić information content (AvgIpc) is 2.38. The van der Waals surface area contributed by atoms with E-state index in [2.05, 4.69) is 27.0 Å². The van der Waals surface area contributed by atoms with Crippen molar-refractivity contribution in [3.63, 3.8) is 0 Å². The highest BCUT2D eigenvalue weighted by Gasteiger charge is 2.08. The maximum Gasteiger partial charge on any atom is 0.232 e. The molecule has 0 radical (unpaired) electrons. The molecule has 0 spiro atoms. The molecule has 0 bridgehead atoms. The van der Waals surface area contributed by atoms with Crippen LogP contribution in [0.3, 0.4) is 0 Å². The van der Waals surface area contributed by atoms with Gasteiger partial charge in [-0.1, -0.05) is 34.1 Å². The molecule has 0 aliphatic carbocycles. The molecule has 0 saturated carbocycles. The first-order chi connectivity index (χ1) is 8.72. The quantitative estimate of drug-likeness (QED) is 0.870. The van der Waals surface area contributed by atoms with Crippen LogP contribution in [0, 0.1) is 18.3 Å². The van der Waals surface area contributed by atoms with Gasteiger partial charge in [-0.3, -0.25) is 0 Å². The zero-order valence-corrected chi connectivity index (χ0v) is 11.4. The van der Waals surface area contributed by atoms with Gasteiger partial charge in [0.25, 0.3) is 0 Å². The Morgan fingerprint density at radius 2 is 2.11 bits per heavy atom. The smallest absolute Gasteiger partial charge is 0.232 e. The third-order valence-corrected chi connectivity index (χ3v) is 3.33. The molecular formula is C14H11BrN2O. The van der Waals surface area contributed by atoms with Gasteiger partial charge in [-0.2, -0.15) is 5.26 Å². The Hall–Kier alpha value is -1.86. The number of rotatable bonds is 3. The maximum atomic E-state index is 9.07. The molecule has 0 aliphatic rings. The number of halogens is 1. The number of ether oxygens (including phenoxy) is 1. The third-order valence-electron chi connectivity index (χ3n) is 2.56. The van der Waals surface area contributed by atoms with Gasteiger partial charge >= 0.3 is 0 Å². The second-order valence-electron chi connectivity index (χ2n) is 3.80. The van der Waals surface area contributed by atoms with Crippen molar-refractivity contribution >= 4 is 15.9 Å². The van der Waals surface area contributed by atoms with Crippen LogP contribution >= 0.6 is 15.9 Å². The topological polar surface area (TPSA) is 45.9 Å². The van der Waals surface area contributed by atoms with E-state index in [1.807, 2.05) is 31.2 Å². The van der Waals surface area contributed by atoms with E-state index in [1.165, 1.54) is 0 Å². The van der Waals surface area contributed by atoms with Crippen LogP contribution in [0.25, 0.3) is 0 Å². The third kappa shape index (κ3) is 2.69. The monoisotopic (exact) mass is 302 g/mol. The number of pyridine rings is 1. The Bertz CT molecular complexity index is 605. The lowest BCUT2D eigenvalue weighted by Gasteiger charge is -2.09. The van der Waals surface area contributed by atoms with Gasteiger partial charge in [0.15, 0.2) is 0 Å². The predicted molar refractivity (Wildman–Crippen MR) is 72.2 cm³/mol. The lowest BCUT2D eigenvalue weighted by molar-refractivity contribution is 0.292. The van der Waals surface area contributed by atoms with E-state index >= 15 is 0 Å². The summed E-state index contributed by atoms with van der Waals surface area (Å²) in [5.41, 5.74) is 2.38. The Morgan fingerprint density at radius 3 is 2.83 bits per heavy atom. The minimum atomic E-state index is 0.382. The summed E-state index contributed by atoms with van der Waals surface area (Å²) in [4.78, 5) is 4.10. The Morgan fingerprint density at radius 1 is 1.33 bits per heavy atom. The number of nitrogens with zero attached hydrogens (tertiary/aromatic N) is 2. The molecule has 2 rings (SSSR count). The van der Waals surface area contributed by atoms with Gasteiger partial charge in [0.2, 0.25) is 5.88 Å². The summed E-state index contributed by atoms with van der Waals surface area (Å²) in [5.74, 6) is 0.383. The van der Waals surface area contributed by atoms with Gasteiger partial charge in [0, 0.05) is 16.2 Å². The summed E-state index contributed by atoms with van der Waals surface area (Å²) >= 11 is 3.45. The molecule has 1 heterocycles. The van der Waals surface area contributed by atoms with E-state index in [9.17, 15) is 0 Å². The molecule has 0 unspecified atom stereocenters. The summed E-state index contributed by atoms with van der Waals surface area (Å²) in [6.45, 7) is 2.25. The number of aryl methyl sites for hydroxylation is 1. The van der Waals surface area contributed by atoms with Crippen LogP contribution in [-0.4, -0.2) is 4.98 Å². The van der Waals surface area contributed by atoms with Gasteiger partial charge in [-0.05, 0) is 24.6 Å². The summed E-state index contributed by atoms with van der Waals surface area (Å²) < 4.78 is 6.59. The molecular weight excluding hydrogens is 292 g/mol. The average molecular weight is 303 g/mol. The van der Waals surface area contributed by atoms with E-state index in [4.69, 9.17) is 10.00 Å². The highest BCUT2D eigenvalue weighted by atomic mass is 79.9. The summed E-state index contributed by atoms with van der Waals surface area (Å²) in [5, 5.41) is 9.07. The molecule has 4 heteroatoms. The molecule has 3 nitrogen and oxygen atoms in total. The number of benzene rings is 1. The first-order valence-corrected chi connectivity index (χ1v) is 6.23. The molecule has 90 valence electrons. The largest absolute Gasteiger partial charge is 0.472 e. The highest BCUT2D eigenvalue weighted by molar-refractivity contribution is 9.10. The lowest BCUT2D eigenvalue weighted by Crippen LogP contribution is -2.01. The second kappa shape index (κ2) is 5.65. The lowest BCUT2D eigenvalue weighted by atomic mass is 10.2. The first-order valence-electron chi connectivity index (χ1n) is 5.44. The van der Waals surface area contributed by atoms with Crippen molar-refractivity contribution in [1.29, 1.82) is 5.26 Å². The molecule has 1 aromatic heterocycles. The molecule has 0 saturated heterocycles. The fourth-order valence-electron chi connectivity index (χ4n) is 1.54. The summed E-state index contributed by atoms with van der Waals surface area (Å²) in [7, 11) is 0. The van der Waals surface area contributed by atoms with Crippen molar-refractivity contribution in [1.82, 2.24) is 4.98 Å². The number of hydrogen-bond donors (Lipinski definition) is 0. The number of nitriles is 1. The van der Waals surface area contributed by atoms with E-state index in [0.29, 0.717) is 18.1 Å². The van der Waals surface area contributed by atoms with Crippen LogP contribution in [0.5, 0.6) is 5.88 Å². The van der Waals surface area contributed by atoms with Crippen LogP contribution in [0.15, 0.2) is 41.0 Å². The standard InChI is InChI=1S/C14H11BrN2O/c1-10-6-7-17-14(12(10)8-16)18-9-11-4-2-3-5-13(11)15/h2-7H,9H2,1H3. The molecule has 0 atom stereocenters. The van der Waals surface area contributed by atoms with Gasteiger partial charge < -0.3 is 4.74 Å². The second-order valence-corrected chi connectivity index (χ2v) is 4.65. The van der Waals surface area contributed by atoms with Gasteiger partial charge in [-0.25, -0.2) is 4.98 Å². The van der Waals surface area contributed by atoms with Crippen LogP contribution < -0.4 is 4.74 Å². The van der Waals surface area contributed by atoms with Crippen LogP contribution in [0.1, 0.15) is 16.7 Å². The zero-order valence-electron chi connectivity index (χ0n) is 9.85. The minimum Gasteiger partial charge on any atom is -0.472 e. The molecule has 0 fully saturated rings. The molecule has 0 amide bonds. The van der Waals surface area contributed by atoms with Crippen molar-refractivity contribution in [3.05, 3.63) is 57.7 Å². The van der Waals surface area contributed by atoms with E-state index in [-0.39, 0.29) is 0 Å². The van der Waals surface area contributed by atoms with Gasteiger partial charge in [0.1, 0.15) is 18.2 Å². The van der Waals surface area contributed by atoms with Crippen molar-refractivity contribution in [3.8, 4) is 11.9 Å². The summed E-state index contributed by atoms with van der Waals surface area (Å²) in [6.07, 6.45) is 1.64. The SMILES string of the molecule is Cc1ccnc(OCc2ccccc2Br)c1C#N. The zero-order chi connectivity index (χ0) is 13.0. The molecule has 18 heavy (non-hydrogen) atoms. The Labute approximate surface area is 114 Å². The molecule has 0 N–H and O–H groups in total. The van der Waals surface area contributed by atoms with Crippen LogP contribution in [0.4, 0.5) is 0 Å². The van der Waals surface area contributed by atoms with Crippen molar-refractivity contribution < 1.29 is 4.74 Å². The number of aromatic nitrogens is 1. The van der Waals surface area contributed by atoms with Crippen LogP contribution in [-0.2, 0) is 6.61 Å². The normalized spacial score (nSPS) is 9.83. The van der Waals surface area contributed by atoms with Crippen molar-refractivity contribution in [2.45, 2.75) is 13.5 Å². The van der Waals surface area contributed by atoms with Crippen molar-refractivity contribution in [2.75, 3.05) is 0 Å². The Kier molecular flexibility index (Phi) is 3.96. The predicted octanol–water partition coefficient (Wildman–Crippen LogP) is 3.60. The van der Waals surface area contributed by atoms with E-state index in [0.717, 1.165) is 15.6 Å². The number of hydrogen-bond acceptors (Lipinski definition) is 3.